The first-order valence-corrected chi connectivity index (χ1v) is 10.2. The molecule has 2 aliphatic heterocycles. The van der Waals surface area contributed by atoms with E-state index in [1.54, 1.807) is 0 Å². The van der Waals surface area contributed by atoms with Gasteiger partial charge in [0.2, 0.25) is 5.91 Å². The van der Waals surface area contributed by atoms with E-state index in [1.165, 1.54) is 0 Å². The molecule has 6 heteroatoms. The van der Waals surface area contributed by atoms with Gasteiger partial charge in [-0.05, 0) is 60.0 Å². The average molecular weight is 362 g/mol. The average Bonchev–Trinajstić information content (AvgIpc) is 3.00. The molecule has 4 unspecified atom stereocenters. The van der Waals surface area contributed by atoms with Gasteiger partial charge in [0.05, 0.1) is 18.6 Å². The summed E-state index contributed by atoms with van der Waals surface area (Å²) in [6.07, 6.45) is 5.49. The third kappa shape index (κ3) is 4.77. The van der Waals surface area contributed by atoms with Gasteiger partial charge in [-0.2, -0.15) is 0 Å². The van der Waals surface area contributed by atoms with Crippen LogP contribution in [0.3, 0.4) is 0 Å². The molecule has 1 amide bonds. The highest BCUT2D eigenvalue weighted by atomic mass is 16.2. The van der Waals surface area contributed by atoms with Crippen LogP contribution in [0.4, 0.5) is 0 Å². The fourth-order valence-electron chi connectivity index (χ4n) is 4.49. The zero-order valence-corrected chi connectivity index (χ0v) is 16.7. The smallest absolute Gasteiger partial charge is 0.227 e. The van der Waals surface area contributed by atoms with Gasteiger partial charge in [-0.3, -0.25) is 20.4 Å². The third-order valence-electron chi connectivity index (χ3n) is 5.91. The maximum Gasteiger partial charge on any atom is 0.227 e. The number of hydrogen-bond acceptors (Lipinski definition) is 5. The van der Waals surface area contributed by atoms with Crippen LogP contribution in [0.25, 0.3) is 0 Å². The van der Waals surface area contributed by atoms with Crippen molar-refractivity contribution in [2.24, 2.45) is 11.8 Å². The van der Waals surface area contributed by atoms with Gasteiger partial charge in [0, 0.05) is 30.6 Å². The first kappa shape index (κ1) is 19.6. The van der Waals surface area contributed by atoms with Crippen LogP contribution in [0.15, 0.2) is 0 Å². The Morgan fingerprint density at radius 3 is 2.65 bits per heavy atom. The summed E-state index contributed by atoms with van der Waals surface area (Å²) >= 11 is 0. The van der Waals surface area contributed by atoms with Gasteiger partial charge in [0.15, 0.2) is 0 Å². The number of nitrogens with zero attached hydrogens (tertiary/aromatic N) is 2. The van der Waals surface area contributed by atoms with Gasteiger partial charge < -0.3 is 5.32 Å². The summed E-state index contributed by atoms with van der Waals surface area (Å²) in [5.41, 5.74) is 3.42. The Hall–Kier alpha value is -1.13. The zero-order chi connectivity index (χ0) is 18.7. The topological polar surface area (TPSA) is 59.6 Å². The fourth-order valence-corrected chi connectivity index (χ4v) is 4.49. The molecule has 1 aliphatic carbocycles. The van der Waals surface area contributed by atoms with Crippen molar-refractivity contribution in [1.29, 1.82) is 0 Å². The molecule has 6 nitrogen and oxygen atoms in total. The zero-order valence-electron chi connectivity index (χ0n) is 16.7. The molecule has 26 heavy (non-hydrogen) atoms. The number of amides is 1. The number of rotatable bonds is 3. The summed E-state index contributed by atoms with van der Waals surface area (Å²) in [6.45, 7) is 6.00. The van der Waals surface area contributed by atoms with Gasteiger partial charge in [-0.25, -0.2) is 5.01 Å². The van der Waals surface area contributed by atoms with Crippen LogP contribution in [0.1, 0.15) is 46.0 Å². The lowest BCUT2D eigenvalue weighted by atomic mass is 9.86. The van der Waals surface area contributed by atoms with Crippen LogP contribution in [0.5, 0.6) is 0 Å². The maximum atomic E-state index is 12.9. The molecule has 0 spiro atoms. The lowest BCUT2D eigenvalue weighted by Crippen LogP contribution is -2.61. The summed E-state index contributed by atoms with van der Waals surface area (Å²) in [5, 5.41) is 9.15. The Bertz CT molecular complexity index is 546. The van der Waals surface area contributed by atoms with E-state index in [9.17, 15) is 4.79 Å². The number of fused-ring (bicyclic) bond motifs is 1. The van der Waals surface area contributed by atoms with Gasteiger partial charge in [-0.1, -0.05) is 11.8 Å². The Morgan fingerprint density at radius 1 is 1.23 bits per heavy atom. The highest BCUT2D eigenvalue weighted by Gasteiger charge is 2.44. The lowest BCUT2D eigenvalue weighted by Gasteiger charge is -2.40. The molecule has 0 aromatic carbocycles. The van der Waals surface area contributed by atoms with E-state index in [2.05, 4.69) is 51.7 Å². The van der Waals surface area contributed by atoms with Gasteiger partial charge in [0.25, 0.3) is 0 Å². The standard InChI is InChI=1S/C20H35N5O/c1-14-12-15(2)25-19(22-14)18(13-21-25)20(26)23-17-9-7-16(8-10-17)6-5-11-24(3)4/h14-19,21-22H,7-13H2,1-4H3,(H,23,26). The second-order valence-corrected chi connectivity index (χ2v) is 8.59. The van der Waals surface area contributed by atoms with Crippen molar-refractivity contribution in [1.82, 2.24) is 26.0 Å². The van der Waals surface area contributed by atoms with E-state index in [4.69, 9.17) is 0 Å². The minimum atomic E-state index is -0.0159. The SMILES string of the molecule is CC1CC(C)N2NCC(C(=O)NC3CCC(C#CCN(C)C)CC3)C2N1. The molecule has 3 rings (SSSR count). The van der Waals surface area contributed by atoms with Crippen molar-refractivity contribution in [3.63, 3.8) is 0 Å². The van der Waals surface area contributed by atoms with Crippen LogP contribution in [0, 0.1) is 23.7 Å². The van der Waals surface area contributed by atoms with Crippen molar-refractivity contribution < 1.29 is 4.79 Å². The van der Waals surface area contributed by atoms with Crippen molar-refractivity contribution in [2.45, 2.75) is 70.2 Å². The Kier molecular flexibility index (Phi) is 6.57. The van der Waals surface area contributed by atoms with E-state index in [0.717, 1.165) is 45.2 Å². The highest BCUT2D eigenvalue weighted by molar-refractivity contribution is 5.80. The monoisotopic (exact) mass is 361 g/mol. The van der Waals surface area contributed by atoms with Crippen molar-refractivity contribution in [3.05, 3.63) is 0 Å². The third-order valence-corrected chi connectivity index (χ3v) is 5.91. The first-order valence-electron chi connectivity index (χ1n) is 10.2. The molecule has 3 N–H and O–H groups in total. The van der Waals surface area contributed by atoms with Gasteiger partial charge >= 0.3 is 0 Å². The summed E-state index contributed by atoms with van der Waals surface area (Å²) in [6, 6.07) is 1.23. The molecule has 0 aromatic heterocycles. The molecule has 2 heterocycles. The summed E-state index contributed by atoms with van der Waals surface area (Å²) in [4.78, 5) is 15.0. The van der Waals surface area contributed by atoms with Crippen molar-refractivity contribution in [3.8, 4) is 11.8 Å². The van der Waals surface area contributed by atoms with E-state index in [0.29, 0.717) is 24.0 Å². The minimum Gasteiger partial charge on any atom is -0.353 e. The largest absolute Gasteiger partial charge is 0.353 e. The molecule has 0 aromatic rings. The number of hydrogen-bond donors (Lipinski definition) is 3. The molecule has 146 valence electrons. The van der Waals surface area contributed by atoms with Crippen molar-refractivity contribution in [2.75, 3.05) is 27.2 Å². The van der Waals surface area contributed by atoms with Gasteiger partial charge in [0.1, 0.15) is 0 Å². The molecule has 3 aliphatic rings. The molecule has 0 bridgehead atoms. The Labute approximate surface area is 158 Å². The first-order chi connectivity index (χ1) is 12.4. The summed E-state index contributed by atoms with van der Waals surface area (Å²) in [5.74, 6) is 7.33. The van der Waals surface area contributed by atoms with Crippen LogP contribution >= 0.6 is 0 Å². The van der Waals surface area contributed by atoms with Crippen LogP contribution < -0.4 is 16.1 Å². The Balaban J connectivity index is 1.46. The molecule has 4 atom stereocenters. The van der Waals surface area contributed by atoms with E-state index in [1.807, 2.05) is 14.1 Å². The highest BCUT2D eigenvalue weighted by Crippen LogP contribution is 2.27. The molecule has 1 saturated carbocycles. The maximum absolute atomic E-state index is 12.9. The molecular weight excluding hydrogens is 326 g/mol. The molecular formula is C20H35N5O. The number of nitrogens with one attached hydrogen (secondary N) is 3. The number of carbonyl (C=O) groups is 1. The minimum absolute atomic E-state index is 0.0159. The number of hydrazine groups is 1. The van der Waals surface area contributed by atoms with E-state index >= 15 is 0 Å². The summed E-state index contributed by atoms with van der Waals surface area (Å²) < 4.78 is 0. The molecule has 3 fully saturated rings. The molecule has 2 saturated heterocycles. The van der Waals surface area contributed by atoms with Gasteiger partial charge in [-0.15, -0.1) is 0 Å². The quantitative estimate of drug-likeness (QED) is 0.648. The summed E-state index contributed by atoms with van der Waals surface area (Å²) in [7, 11) is 4.09. The number of carbonyl (C=O) groups excluding carboxylic acids is 1. The second kappa shape index (κ2) is 8.71. The van der Waals surface area contributed by atoms with Crippen molar-refractivity contribution >= 4 is 5.91 Å². The Morgan fingerprint density at radius 2 is 1.96 bits per heavy atom. The predicted molar refractivity (Wildman–Crippen MR) is 104 cm³/mol. The lowest BCUT2D eigenvalue weighted by molar-refractivity contribution is -0.127. The van der Waals surface area contributed by atoms with E-state index in [-0.39, 0.29) is 18.0 Å². The molecule has 0 radical (unpaired) electrons. The van der Waals surface area contributed by atoms with E-state index < -0.39 is 0 Å². The van der Waals surface area contributed by atoms with Crippen LogP contribution in [-0.4, -0.2) is 67.3 Å². The normalized spacial score (nSPS) is 37.7. The van der Waals surface area contributed by atoms with Crippen LogP contribution in [-0.2, 0) is 4.79 Å². The van der Waals surface area contributed by atoms with Crippen LogP contribution in [0.2, 0.25) is 0 Å². The predicted octanol–water partition coefficient (Wildman–Crippen LogP) is 0.759. The fraction of sp³-hybridized carbons (Fsp3) is 0.850. The second-order valence-electron chi connectivity index (χ2n) is 8.59.